The van der Waals surface area contributed by atoms with E-state index in [1.165, 1.54) is 12.8 Å². The second kappa shape index (κ2) is 6.29. The van der Waals surface area contributed by atoms with Crippen LogP contribution >= 0.6 is 0 Å². The molecule has 0 aliphatic heterocycles. The maximum Gasteiger partial charge on any atom is 0.257 e. The van der Waals surface area contributed by atoms with Crippen molar-refractivity contribution >= 4 is 5.91 Å². The van der Waals surface area contributed by atoms with E-state index in [-0.39, 0.29) is 11.7 Å². The minimum atomic E-state index is -0.0249. The number of phenols is 1. The summed E-state index contributed by atoms with van der Waals surface area (Å²) in [5.41, 5.74) is 1.40. The second-order valence-electron chi connectivity index (χ2n) is 6.31. The van der Waals surface area contributed by atoms with Crippen molar-refractivity contribution in [2.24, 2.45) is 5.92 Å². The zero-order valence-corrected chi connectivity index (χ0v) is 12.7. The Labute approximate surface area is 121 Å². The number of hydrogen-bond acceptors (Lipinski definition) is 2. The first-order valence-corrected chi connectivity index (χ1v) is 7.59. The number of hydrogen-bond donors (Lipinski definition) is 1. The number of phenolic OH excluding ortho intramolecular Hbond substituents is 1. The van der Waals surface area contributed by atoms with E-state index in [9.17, 15) is 9.90 Å². The Kier molecular flexibility index (Phi) is 4.69. The van der Waals surface area contributed by atoms with E-state index in [0.717, 1.165) is 24.9 Å². The minimum Gasteiger partial charge on any atom is -0.507 e. The summed E-state index contributed by atoms with van der Waals surface area (Å²) in [5.74, 6) is 0.511. The summed E-state index contributed by atoms with van der Waals surface area (Å²) in [5, 5.41) is 10.0. The summed E-state index contributed by atoms with van der Waals surface area (Å²) in [6.07, 6.45) is 4.58. The summed E-state index contributed by atoms with van der Waals surface area (Å²) in [7, 11) is 0. The predicted octanol–water partition coefficient (Wildman–Crippen LogP) is 3.74. The van der Waals surface area contributed by atoms with E-state index in [4.69, 9.17) is 0 Å². The molecule has 1 aliphatic carbocycles. The average molecular weight is 275 g/mol. The van der Waals surface area contributed by atoms with E-state index in [1.54, 1.807) is 12.1 Å². The highest BCUT2D eigenvalue weighted by Gasteiger charge is 2.29. The first kappa shape index (κ1) is 14.9. The number of aromatic hydroxyl groups is 1. The third kappa shape index (κ3) is 3.33. The van der Waals surface area contributed by atoms with Crippen LogP contribution in [0.25, 0.3) is 0 Å². The van der Waals surface area contributed by atoms with Crippen LogP contribution in [-0.2, 0) is 0 Å². The predicted molar refractivity (Wildman–Crippen MR) is 81.0 cm³/mol. The number of carbonyl (C=O) groups is 1. The molecule has 3 heteroatoms. The molecule has 1 amide bonds. The molecule has 20 heavy (non-hydrogen) atoms. The van der Waals surface area contributed by atoms with Crippen LogP contribution in [0.3, 0.4) is 0 Å². The summed E-state index contributed by atoms with van der Waals surface area (Å²) in [6.45, 7) is 6.93. The third-order valence-electron chi connectivity index (χ3n) is 3.97. The summed E-state index contributed by atoms with van der Waals surface area (Å²) >= 11 is 0. The lowest BCUT2D eigenvalue weighted by atomic mass is 10.1. The highest BCUT2D eigenvalue weighted by atomic mass is 16.3. The normalized spacial score (nSPS) is 15.8. The van der Waals surface area contributed by atoms with Crippen molar-refractivity contribution in [1.29, 1.82) is 0 Å². The molecule has 1 aromatic carbocycles. The van der Waals surface area contributed by atoms with Crippen molar-refractivity contribution in [3.05, 3.63) is 29.3 Å². The maximum absolute atomic E-state index is 12.8. The van der Waals surface area contributed by atoms with Crippen LogP contribution < -0.4 is 0 Å². The van der Waals surface area contributed by atoms with Crippen LogP contribution in [0.15, 0.2) is 18.2 Å². The molecule has 0 atom stereocenters. The number of aryl methyl sites for hydroxylation is 1. The van der Waals surface area contributed by atoms with Gasteiger partial charge in [-0.3, -0.25) is 4.79 Å². The summed E-state index contributed by atoms with van der Waals surface area (Å²) in [6, 6.07) is 5.63. The van der Waals surface area contributed by atoms with Gasteiger partial charge in [0.2, 0.25) is 0 Å². The van der Waals surface area contributed by atoms with Gasteiger partial charge in [0, 0.05) is 12.6 Å². The van der Waals surface area contributed by atoms with Gasteiger partial charge >= 0.3 is 0 Å². The molecule has 110 valence electrons. The summed E-state index contributed by atoms with van der Waals surface area (Å²) < 4.78 is 0. The molecule has 0 saturated heterocycles. The van der Waals surface area contributed by atoms with Crippen molar-refractivity contribution in [2.45, 2.75) is 52.5 Å². The molecule has 0 spiro atoms. The molecule has 3 nitrogen and oxygen atoms in total. The Bertz CT molecular complexity index is 476. The first-order chi connectivity index (χ1) is 9.49. The number of nitrogens with zero attached hydrogens (tertiary/aromatic N) is 1. The maximum atomic E-state index is 12.8. The second-order valence-corrected chi connectivity index (χ2v) is 6.31. The third-order valence-corrected chi connectivity index (χ3v) is 3.97. The van der Waals surface area contributed by atoms with Gasteiger partial charge in [0.05, 0.1) is 5.56 Å². The Morgan fingerprint density at radius 1 is 1.35 bits per heavy atom. The number of benzene rings is 1. The topological polar surface area (TPSA) is 40.5 Å². The van der Waals surface area contributed by atoms with E-state index in [0.29, 0.717) is 17.5 Å². The number of rotatable bonds is 4. The van der Waals surface area contributed by atoms with Gasteiger partial charge in [-0.1, -0.05) is 32.8 Å². The van der Waals surface area contributed by atoms with Crippen molar-refractivity contribution in [3.63, 3.8) is 0 Å². The van der Waals surface area contributed by atoms with Gasteiger partial charge in [-0.2, -0.15) is 0 Å². The molecule has 0 radical (unpaired) electrons. The van der Waals surface area contributed by atoms with Gasteiger partial charge in [0.25, 0.3) is 5.91 Å². The quantitative estimate of drug-likeness (QED) is 0.909. The lowest BCUT2D eigenvalue weighted by Gasteiger charge is -2.31. The van der Waals surface area contributed by atoms with Crippen LogP contribution in [0.4, 0.5) is 0 Å². The molecular weight excluding hydrogens is 250 g/mol. The van der Waals surface area contributed by atoms with Crippen LogP contribution in [0.2, 0.25) is 0 Å². The van der Waals surface area contributed by atoms with Gasteiger partial charge in [0.1, 0.15) is 5.75 Å². The number of amides is 1. The van der Waals surface area contributed by atoms with Crippen molar-refractivity contribution in [2.75, 3.05) is 6.54 Å². The molecule has 0 unspecified atom stereocenters. The Morgan fingerprint density at radius 2 is 2.00 bits per heavy atom. The molecule has 1 fully saturated rings. The molecule has 1 N–H and O–H groups in total. The van der Waals surface area contributed by atoms with E-state index in [1.807, 2.05) is 17.9 Å². The molecule has 1 aliphatic rings. The van der Waals surface area contributed by atoms with Crippen LogP contribution in [0.1, 0.15) is 55.5 Å². The van der Waals surface area contributed by atoms with E-state index in [2.05, 4.69) is 13.8 Å². The minimum absolute atomic E-state index is 0.0249. The Balaban J connectivity index is 2.24. The number of carbonyl (C=O) groups excluding carboxylic acids is 1. The van der Waals surface area contributed by atoms with Crippen molar-refractivity contribution in [3.8, 4) is 5.75 Å². The van der Waals surface area contributed by atoms with Crippen molar-refractivity contribution in [1.82, 2.24) is 4.90 Å². The van der Waals surface area contributed by atoms with E-state index < -0.39 is 0 Å². The zero-order valence-electron chi connectivity index (χ0n) is 12.7. The lowest BCUT2D eigenvalue weighted by Crippen LogP contribution is -2.41. The lowest BCUT2D eigenvalue weighted by molar-refractivity contribution is 0.0652. The van der Waals surface area contributed by atoms with Gasteiger partial charge in [0.15, 0.2) is 0 Å². The molecule has 2 rings (SSSR count). The molecule has 1 saturated carbocycles. The standard InChI is InChI=1S/C17H25NO2/c1-12(2)11-18(14-6-4-5-7-14)17(20)15-9-8-13(3)10-16(15)19/h8-10,12,14,19H,4-7,11H2,1-3H3. The Hall–Kier alpha value is -1.51. The zero-order chi connectivity index (χ0) is 14.7. The molecule has 0 heterocycles. The largest absolute Gasteiger partial charge is 0.507 e. The SMILES string of the molecule is Cc1ccc(C(=O)N(CC(C)C)C2CCCC2)c(O)c1. The fraction of sp³-hybridized carbons (Fsp3) is 0.588. The first-order valence-electron chi connectivity index (χ1n) is 7.59. The smallest absolute Gasteiger partial charge is 0.257 e. The molecular formula is C17H25NO2. The fourth-order valence-electron chi connectivity index (χ4n) is 2.98. The van der Waals surface area contributed by atoms with E-state index >= 15 is 0 Å². The van der Waals surface area contributed by atoms with Crippen molar-refractivity contribution < 1.29 is 9.90 Å². The summed E-state index contributed by atoms with van der Waals surface area (Å²) in [4.78, 5) is 14.7. The molecule has 0 bridgehead atoms. The fourth-order valence-corrected chi connectivity index (χ4v) is 2.98. The highest BCUT2D eigenvalue weighted by Crippen LogP contribution is 2.28. The molecule has 0 aromatic heterocycles. The monoisotopic (exact) mass is 275 g/mol. The van der Waals surface area contributed by atoms with Gasteiger partial charge in [-0.05, 0) is 43.4 Å². The highest BCUT2D eigenvalue weighted by molar-refractivity contribution is 5.97. The van der Waals surface area contributed by atoms with Gasteiger partial charge < -0.3 is 10.0 Å². The molecule has 1 aromatic rings. The van der Waals surface area contributed by atoms with Gasteiger partial charge in [-0.15, -0.1) is 0 Å². The van der Waals surface area contributed by atoms with Crippen LogP contribution in [-0.4, -0.2) is 28.5 Å². The van der Waals surface area contributed by atoms with Gasteiger partial charge in [-0.25, -0.2) is 0 Å². The van der Waals surface area contributed by atoms with Crippen LogP contribution in [0, 0.1) is 12.8 Å². The van der Waals surface area contributed by atoms with Crippen LogP contribution in [0.5, 0.6) is 5.75 Å². The average Bonchev–Trinajstić information content (AvgIpc) is 2.88. The Morgan fingerprint density at radius 3 is 2.55 bits per heavy atom.